The van der Waals surface area contributed by atoms with Gasteiger partial charge < -0.3 is 9.47 Å². The molecule has 5 heteroatoms. The Morgan fingerprint density at radius 2 is 1.84 bits per heavy atom. The Bertz CT molecular complexity index is 763. The van der Waals surface area contributed by atoms with Crippen molar-refractivity contribution in [3.63, 3.8) is 0 Å². The van der Waals surface area contributed by atoms with Gasteiger partial charge in [-0.15, -0.1) is 0 Å². The molecule has 9 atom stereocenters. The summed E-state index contributed by atoms with van der Waals surface area (Å²) in [5, 5.41) is 0. The molecule has 3 fully saturated rings. The smallest absolute Gasteiger partial charge is 0.302 e. The molecule has 4 aliphatic rings. The van der Waals surface area contributed by atoms with E-state index >= 15 is 0 Å². The summed E-state index contributed by atoms with van der Waals surface area (Å²) in [6.07, 6.45) is 9.78. The molecule has 2 unspecified atom stereocenters. The van der Waals surface area contributed by atoms with Gasteiger partial charge in [0.25, 0.3) is 0 Å². The number of ether oxygens (including phenoxy) is 2. The highest BCUT2D eigenvalue weighted by Gasteiger charge is 2.62. The first-order valence-corrected chi connectivity index (χ1v) is 13.7. The molecule has 174 valence electrons. The van der Waals surface area contributed by atoms with E-state index in [1.807, 2.05) is 0 Å². The first-order chi connectivity index (χ1) is 14.6. The molecule has 0 radical (unpaired) electrons. The number of rotatable bonds is 4. The Hall–Kier alpha value is -0.590. The fraction of sp³-hybridized carbons (Fsp3) is 0.846. The van der Waals surface area contributed by atoms with E-state index in [0.717, 1.165) is 30.6 Å². The number of carbonyl (C=O) groups is 2. The van der Waals surface area contributed by atoms with Gasteiger partial charge in [0.1, 0.15) is 12.2 Å². The molecule has 31 heavy (non-hydrogen) atoms. The molecular formula is C26H39IO4. The van der Waals surface area contributed by atoms with Crippen molar-refractivity contribution >= 4 is 34.5 Å². The fourth-order valence-electron chi connectivity index (χ4n) is 8.44. The van der Waals surface area contributed by atoms with Crippen LogP contribution < -0.4 is 0 Å². The number of fused-ring (bicyclic) bond motifs is 5. The molecular weight excluding hydrogens is 503 g/mol. The maximum absolute atomic E-state index is 12.1. The van der Waals surface area contributed by atoms with E-state index in [4.69, 9.17) is 9.47 Å². The molecule has 0 bridgehead atoms. The molecule has 0 heterocycles. The lowest BCUT2D eigenvalue weighted by Gasteiger charge is -2.60. The van der Waals surface area contributed by atoms with Gasteiger partial charge in [-0.1, -0.05) is 55.0 Å². The molecule has 3 saturated carbocycles. The van der Waals surface area contributed by atoms with Gasteiger partial charge in [-0.3, -0.25) is 9.59 Å². The number of carbonyl (C=O) groups excluding carboxylic acids is 2. The van der Waals surface area contributed by atoms with E-state index in [1.165, 1.54) is 49.5 Å². The lowest BCUT2D eigenvalue weighted by molar-refractivity contribution is -0.172. The lowest BCUT2D eigenvalue weighted by Crippen LogP contribution is -2.57. The molecule has 0 aliphatic heterocycles. The molecule has 4 rings (SSSR count). The molecule has 4 aliphatic carbocycles. The van der Waals surface area contributed by atoms with E-state index in [0.29, 0.717) is 23.7 Å². The summed E-state index contributed by atoms with van der Waals surface area (Å²) in [5.41, 5.74) is 1.66. The van der Waals surface area contributed by atoms with Crippen molar-refractivity contribution in [1.82, 2.24) is 0 Å². The van der Waals surface area contributed by atoms with Crippen molar-refractivity contribution in [1.29, 1.82) is 0 Å². The molecule has 0 aromatic rings. The molecule has 0 spiro atoms. The average Bonchev–Trinajstić information content (AvgIpc) is 3.04. The third-order valence-corrected chi connectivity index (χ3v) is 11.2. The van der Waals surface area contributed by atoms with Gasteiger partial charge in [0, 0.05) is 36.5 Å². The Balaban J connectivity index is 1.66. The standard InChI is InChI=1S/C26H39IO4/c1-15(14-27)21-8-9-22-20-7-6-18-12-19(30-16(2)28)13-24(31-17(3)29)26(18,5)23(20)10-11-25(21,22)4/h6,15,19-24H,7-14H2,1-5H3/t15-,19?,20+,21-,22+,23+,24?,25-,26+/m1/s1. The Kier molecular flexibility index (Phi) is 6.57. The normalized spacial score (nSPS) is 44.9. The highest BCUT2D eigenvalue weighted by Crippen LogP contribution is 2.67. The minimum Gasteiger partial charge on any atom is -0.462 e. The van der Waals surface area contributed by atoms with E-state index in [9.17, 15) is 9.59 Å². The maximum Gasteiger partial charge on any atom is 0.302 e. The third kappa shape index (κ3) is 3.89. The van der Waals surface area contributed by atoms with E-state index in [1.54, 1.807) is 0 Å². The summed E-state index contributed by atoms with van der Waals surface area (Å²) in [7, 11) is 0. The van der Waals surface area contributed by atoms with Crippen LogP contribution in [0.2, 0.25) is 0 Å². The van der Waals surface area contributed by atoms with Crippen molar-refractivity contribution in [3.05, 3.63) is 11.6 Å². The van der Waals surface area contributed by atoms with Crippen molar-refractivity contribution < 1.29 is 19.1 Å². The molecule has 0 N–H and O–H groups in total. The second kappa shape index (κ2) is 8.64. The van der Waals surface area contributed by atoms with Crippen molar-refractivity contribution in [2.45, 2.75) is 91.8 Å². The zero-order valence-electron chi connectivity index (χ0n) is 19.8. The third-order valence-electron chi connectivity index (χ3n) is 9.77. The highest BCUT2D eigenvalue weighted by atomic mass is 127. The Morgan fingerprint density at radius 3 is 2.48 bits per heavy atom. The fourth-order valence-corrected chi connectivity index (χ4v) is 9.05. The van der Waals surface area contributed by atoms with E-state index in [2.05, 4.69) is 49.4 Å². The summed E-state index contributed by atoms with van der Waals surface area (Å²) in [5.74, 6) is 3.11. The average molecular weight is 542 g/mol. The van der Waals surface area contributed by atoms with Gasteiger partial charge in [-0.25, -0.2) is 0 Å². The minimum absolute atomic E-state index is 0.139. The molecule has 0 saturated heterocycles. The predicted molar refractivity (Wildman–Crippen MR) is 130 cm³/mol. The number of hydrogen-bond donors (Lipinski definition) is 0. The van der Waals surface area contributed by atoms with E-state index in [-0.39, 0.29) is 29.6 Å². The summed E-state index contributed by atoms with van der Waals surface area (Å²) >= 11 is 2.57. The van der Waals surface area contributed by atoms with Gasteiger partial charge in [0.05, 0.1) is 0 Å². The van der Waals surface area contributed by atoms with Crippen LogP contribution in [-0.4, -0.2) is 28.6 Å². The minimum atomic E-state index is -0.251. The van der Waals surface area contributed by atoms with Gasteiger partial charge >= 0.3 is 11.9 Å². The highest BCUT2D eigenvalue weighted by molar-refractivity contribution is 14.1. The topological polar surface area (TPSA) is 52.6 Å². The van der Waals surface area contributed by atoms with Crippen molar-refractivity contribution in [2.24, 2.45) is 40.4 Å². The quantitative estimate of drug-likeness (QED) is 0.186. The summed E-state index contributed by atoms with van der Waals surface area (Å²) < 4.78 is 12.8. The van der Waals surface area contributed by atoms with Crippen LogP contribution in [-0.2, 0) is 19.1 Å². The maximum atomic E-state index is 12.1. The SMILES string of the molecule is CC(=O)OC1CC2=CC[C@H]3[C@@H]4CC[C@H]([C@H](C)CI)[C@@]4(C)CC[C@@H]3[C@@]2(C)C(OC(C)=O)C1. The largest absolute Gasteiger partial charge is 0.462 e. The molecule has 0 aromatic heterocycles. The van der Waals surface area contributed by atoms with Crippen molar-refractivity contribution in [3.8, 4) is 0 Å². The number of esters is 2. The first-order valence-electron chi connectivity index (χ1n) is 12.2. The second-order valence-electron chi connectivity index (χ2n) is 11.3. The zero-order valence-corrected chi connectivity index (χ0v) is 21.9. The van der Waals surface area contributed by atoms with Crippen LogP contribution >= 0.6 is 22.6 Å². The molecule has 4 nitrogen and oxygen atoms in total. The number of alkyl halides is 1. The molecule has 0 aromatic carbocycles. The van der Waals surface area contributed by atoms with Crippen molar-refractivity contribution in [2.75, 3.05) is 4.43 Å². The summed E-state index contributed by atoms with van der Waals surface area (Å²) in [6, 6.07) is 0. The van der Waals surface area contributed by atoms with Gasteiger partial charge in [-0.05, 0) is 67.1 Å². The monoisotopic (exact) mass is 542 g/mol. The van der Waals surface area contributed by atoms with Crippen LogP contribution in [0.25, 0.3) is 0 Å². The zero-order chi connectivity index (χ0) is 22.6. The van der Waals surface area contributed by atoms with Gasteiger partial charge in [-0.2, -0.15) is 0 Å². The Labute approximate surface area is 201 Å². The van der Waals surface area contributed by atoms with Crippen LogP contribution in [0.5, 0.6) is 0 Å². The van der Waals surface area contributed by atoms with Crippen LogP contribution in [0.1, 0.15) is 79.6 Å². The Morgan fingerprint density at radius 1 is 1.13 bits per heavy atom. The predicted octanol–water partition coefficient (Wildman–Crippen LogP) is 6.11. The number of hydrogen-bond acceptors (Lipinski definition) is 4. The summed E-state index contributed by atoms with van der Waals surface area (Å²) in [6.45, 7) is 10.3. The lowest BCUT2D eigenvalue weighted by atomic mass is 9.46. The van der Waals surface area contributed by atoms with Crippen LogP contribution in [0.3, 0.4) is 0 Å². The van der Waals surface area contributed by atoms with Gasteiger partial charge in [0.2, 0.25) is 0 Å². The second-order valence-corrected chi connectivity index (χ2v) is 12.1. The van der Waals surface area contributed by atoms with Crippen LogP contribution in [0, 0.1) is 40.4 Å². The first kappa shape index (κ1) is 23.6. The number of allylic oxidation sites excluding steroid dienone is 1. The van der Waals surface area contributed by atoms with Crippen LogP contribution in [0.15, 0.2) is 11.6 Å². The van der Waals surface area contributed by atoms with E-state index < -0.39 is 0 Å². The van der Waals surface area contributed by atoms with Crippen LogP contribution in [0.4, 0.5) is 0 Å². The number of halogens is 1. The molecule has 0 amide bonds. The summed E-state index contributed by atoms with van der Waals surface area (Å²) in [4.78, 5) is 23.7. The van der Waals surface area contributed by atoms with Gasteiger partial charge in [0.15, 0.2) is 0 Å².